The third-order valence-corrected chi connectivity index (χ3v) is 4.28. The van der Waals surface area contributed by atoms with Gasteiger partial charge in [-0.25, -0.2) is 4.79 Å². The van der Waals surface area contributed by atoms with Crippen molar-refractivity contribution < 1.29 is 14.3 Å². The molecular weight excluding hydrogens is 252 g/mol. The molecule has 0 aromatic carbocycles. The first-order chi connectivity index (χ1) is 9.15. The normalized spacial score (nSPS) is 21.2. The van der Waals surface area contributed by atoms with Crippen LogP contribution in [0, 0.1) is 11.3 Å². The number of rotatable bonds is 6. The molecule has 1 fully saturated rings. The Balaban J connectivity index is 2.42. The molecule has 1 unspecified atom stereocenters. The van der Waals surface area contributed by atoms with E-state index in [-0.39, 0.29) is 12.7 Å². The zero-order valence-corrected chi connectivity index (χ0v) is 13.7. The first-order valence-electron chi connectivity index (χ1n) is 7.62. The van der Waals surface area contributed by atoms with E-state index >= 15 is 0 Å². The zero-order valence-electron chi connectivity index (χ0n) is 13.7. The van der Waals surface area contributed by atoms with Gasteiger partial charge in [-0.3, -0.25) is 0 Å². The van der Waals surface area contributed by atoms with E-state index in [4.69, 9.17) is 9.47 Å². The van der Waals surface area contributed by atoms with Crippen LogP contribution in [-0.4, -0.2) is 24.3 Å². The van der Waals surface area contributed by atoms with Gasteiger partial charge in [0, 0.05) is 6.08 Å². The van der Waals surface area contributed by atoms with E-state index in [0.717, 1.165) is 0 Å². The van der Waals surface area contributed by atoms with Crippen LogP contribution >= 0.6 is 0 Å². The molecule has 0 N–H and O–H groups in total. The smallest absolute Gasteiger partial charge is 0.330 e. The van der Waals surface area contributed by atoms with Crippen LogP contribution in [0.2, 0.25) is 0 Å². The summed E-state index contributed by atoms with van der Waals surface area (Å²) < 4.78 is 11.2. The van der Waals surface area contributed by atoms with Crippen molar-refractivity contribution in [3.8, 4) is 0 Å². The topological polar surface area (TPSA) is 35.5 Å². The van der Waals surface area contributed by atoms with E-state index in [0.29, 0.717) is 11.3 Å². The minimum atomic E-state index is -0.453. The van der Waals surface area contributed by atoms with E-state index in [1.165, 1.54) is 31.8 Å². The van der Waals surface area contributed by atoms with Crippen molar-refractivity contribution in [1.29, 1.82) is 0 Å². The molecule has 1 atom stereocenters. The van der Waals surface area contributed by atoms with Crippen molar-refractivity contribution in [3.63, 3.8) is 0 Å². The van der Waals surface area contributed by atoms with E-state index in [1.807, 2.05) is 13.8 Å². The van der Waals surface area contributed by atoms with Gasteiger partial charge in [0.25, 0.3) is 0 Å². The second-order valence-electron chi connectivity index (χ2n) is 7.40. The first-order valence-corrected chi connectivity index (χ1v) is 7.62. The second kappa shape index (κ2) is 6.75. The molecule has 0 aliphatic heterocycles. The maximum atomic E-state index is 11.1. The second-order valence-corrected chi connectivity index (χ2v) is 7.40. The van der Waals surface area contributed by atoms with Crippen LogP contribution in [0.25, 0.3) is 0 Å². The molecule has 0 radical (unpaired) electrons. The average Bonchev–Trinajstić information content (AvgIpc) is 2.35. The zero-order chi connectivity index (χ0) is 15.4. The molecular formula is C17H30O3. The molecule has 0 heterocycles. The van der Waals surface area contributed by atoms with Crippen LogP contribution in [-0.2, 0) is 14.3 Å². The van der Waals surface area contributed by atoms with Gasteiger partial charge in [0.15, 0.2) is 0 Å². The van der Waals surface area contributed by atoms with E-state index in [2.05, 4.69) is 27.4 Å². The largest absolute Gasteiger partial charge is 0.459 e. The molecule has 3 heteroatoms. The lowest BCUT2D eigenvalue weighted by Crippen LogP contribution is -2.39. The van der Waals surface area contributed by atoms with Gasteiger partial charge in [-0.15, -0.1) is 0 Å². The Morgan fingerprint density at radius 2 is 1.95 bits per heavy atom. The highest BCUT2D eigenvalue weighted by Gasteiger charge is 2.33. The third kappa shape index (κ3) is 5.66. The lowest BCUT2D eigenvalue weighted by atomic mass is 9.72. The van der Waals surface area contributed by atoms with Crippen molar-refractivity contribution in [3.05, 3.63) is 12.7 Å². The summed E-state index contributed by atoms with van der Waals surface area (Å²) in [6.07, 6.45) is 6.34. The van der Waals surface area contributed by atoms with Crippen molar-refractivity contribution in [2.24, 2.45) is 11.3 Å². The minimum absolute atomic E-state index is 0.198. The standard InChI is InChI=1S/C17H30O3/c1-7-15(18)19-12-17(5,6)20-13(2)14-8-10-16(3,4)11-9-14/h7,13-14H,1,8-12H2,2-6H3. The Bertz CT molecular complexity index is 334. The van der Waals surface area contributed by atoms with Crippen LogP contribution in [0.3, 0.4) is 0 Å². The van der Waals surface area contributed by atoms with Gasteiger partial charge in [0.05, 0.1) is 11.7 Å². The molecule has 0 bridgehead atoms. The summed E-state index contributed by atoms with van der Waals surface area (Å²) in [5.41, 5.74) is 0.0241. The molecule has 1 rings (SSSR count). The highest BCUT2D eigenvalue weighted by atomic mass is 16.6. The molecule has 0 saturated heterocycles. The molecule has 1 aliphatic rings. The summed E-state index contributed by atoms with van der Waals surface area (Å²) >= 11 is 0. The summed E-state index contributed by atoms with van der Waals surface area (Å²) in [4.78, 5) is 11.1. The van der Waals surface area contributed by atoms with Crippen molar-refractivity contribution in [1.82, 2.24) is 0 Å². The van der Waals surface area contributed by atoms with Gasteiger partial charge in [-0.1, -0.05) is 20.4 Å². The summed E-state index contributed by atoms with van der Waals surface area (Å²) in [6.45, 7) is 14.4. The summed E-state index contributed by atoms with van der Waals surface area (Å²) in [7, 11) is 0. The lowest BCUT2D eigenvalue weighted by Gasteiger charge is -2.39. The Morgan fingerprint density at radius 1 is 1.40 bits per heavy atom. The van der Waals surface area contributed by atoms with Crippen LogP contribution in [0.15, 0.2) is 12.7 Å². The third-order valence-electron chi connectivity index (χ3n) is 4.28. The van der Waals surface area contributed by atoms with Crippen molar-refractivity contribution >= 4 is 5.97 Å². The van der Waals surface area contributed by atoms with Gasteiger partial charge in [-0.05, 0) is 57.8 Å². The Morgan fingerprint density at radius 3 is 2.45 bits per heavy atom. The Labute approximate surface area is 123 Å². The predicted octanol–water partition coefficient (Wildman–Crippen LogP) is 4.12. The molecule has 3 nitrogen and oxygen atoms in total. The highest BCUT2D eigenvalue weighted by Crippen LogP contribution is 2.40. The fraction of sp³-hybridized carbons (Fsp3) is 0.824. The molecule has 20 heavy (non-hydrogen) atoms. The number of hydrogen-bond donors (Lipinski definition) is 0. The highest BCUT2D eigenvalue weighted by molar-refractivity contribution is 5.81. The van der Waals surface area contributed by atoms with Crippen LogP contribution in [0.4, 0.5) is 0 Å². The number of carbonyl (C=O) groups excluding carboxylic acids is 1. The van der Waals surface area contributed by atoms with Gasteiger partial charge < -0.3 is 9.47 Å². The summed E-state index contributed by atoms with van der Waals surface area (Å²) in [5, 5.41) is 0. The van der Waals surface area contributed by atoms with Crippen LogP contribution < -0.4 is 0 Å². The van der Waals surface area contributed by atoms with Crippen LogP contribution in [0.1, 0.15) is 60.3 Å². The average molecular weight is 282 g/mol. The van der Waals surface area contributed by atoms with Gasteiger partial charge in [-0.2, -0.15) is 0 Å². The van der Waals surface area contributed by atoms with E-state index in [1.54, 1.807) is 0 Å². The van der Waals surface area contributed by atoms with Crippen LogP contribution in [0.5, 0.6) is 0 Å². The molecule has 0 spiro atoms. The number of esters is 1. The maximum Gasteiger partial charge on any atom is 0.330 e. The molecule has 0 amide bonds. The van der Waals surface area contributed by atoms with Crippen molar-refractivity contribution in [2.45, 2.75) is 72.0 Å². The monoisotopic (exact) mass is 282 g/mol. The molecule has 1 aliphatic carbocycles. The maximum absolute atomic E-state index is 11.1. The quantitative estimate of drug-likeness (QED) is 0.543. The SMILES string of the molecule is C=CC(=O)OCC(C)(C)OC(C)C1CCC(C)(C)CC1. The number of carbonyl (C=O) groups is 1. The van der Waals surface area contributed by atoms with Gasteiger partial charge >= 0.3 is 5.97 Å². The predicted molar refractivity (Wildman–Crippen MR) is 81.5 cm³/mol. The number of ether oxygens (including phenoxy) is 2. The molecule has 116 valence electrons. The molecule has 0 aromatic heterocycles. The van der Waals surface area contributed by atoms with E-state index in [9.17, 15) is 4.79 Å². The summed E-state index contributed by atoms with van der Waals surface area (Å²) in [6, 6.07) is 0. The minimum Gasteiger partial charge on any atom is -0.459 e. The fourth-order valence-electron chi connectivity index (χ4n) is 2.83. The van der Waals surface area contributed by atoms with E-state index < -0.39 is 11.6 Å². The first kappa shape index (κ1) is 17.2. The van der Waals surface area contributed by atoms with Gasteiger partial charge in [0.2, 0.25) is 0 Å². The molecule has 0 aromatic rings. The lowest BCUT2D eigenvalue weighted by molar-refractivity contribution is -0.156. The Hall–Kier alpha value is -0.830. The van der Waals surface area contributed by atoms with Gasteiger partial charge in [0.1, 0.15) is 6.61 Å². The summed E-state index contributed by atoms with van der Waals surface area (Å²) in [5.74, 6) is 0.214. The fourth-order valence-corrected chi connectivity index (χ4v) is 2.83. The number of hydrogen-bond acceptors (Lipinski definition) is 3. The Kier molecular flexibility index (Phi) is 5.81. The van der Waals surface area contributed by atoms with Crippen molar-refractivity contribution in [2.75, 3.05) is 6.61 Å². The molecule has 1 saturated carbocycles.